The topological polar surface area (TPSA) is 97.0 Å². The number of pyridine rings is 1. The molecule has 0 unspecified atom stereocenters. The second-order valence-electron chi connectivity index (χ2n) is 6.26. The van der Waals surface area contributed by atoms with Crippen molar-refractivity contribution in [1.82, 2.24) is 15.2 Å². The van der Waals surface area contributed by atoms with Gasteiger partial charge in [0, 0.05) is 11.8 Å². The van der Waals surface area contributed by atoms with Crippen molar-refractivity contribution in [1.29, 1.82) is 0 Å². The van der Waals surface area contributed by atoms with Gasteiger partial charge in [-0.05, 0) is 49.7 Å². The molecule has 11 heteroatoms. The smallest absolute Gasteiger partial charge is 0.435 e. The molecule has 156 valence electrons. The largest absolute Gasteiger partial charge is 0.437 e. The molecule has 0 aliphatic heterocycles. The number of benzene rings is 1. The molecule has 0 aliphatic carbocycles. The summed E-state index contributed by atoms with van der Waals surface area (Å²) in [6, 6.07) is 5.33. The molecule has 0 saturated heterocycles. The van der Waals surface area contributed by atoms with Crippen molar-refractivity contribution in [3.8, 4) is 11.6 Å². The molecule has 2 N–H and O–H groups in total. The molecule has 0 atom stereocenters. The first-order valence-electron chi connectivity index (χ1n) is 8.45. The molecule has 2 heterocycles. The van der Waals surface area contributed by atoms with Crippen molar-refractivity contribution in [2.75, 3.05) is 5.32 Å². The van der Waals surface area contributed by atoms with Gasteiger partial charge in [-0.15, -0.1) is 10.2 Å². The first kappa shape index (κ1) is 21.0. The van der Waals surface area contributed by atoms with Crippen LogP contribution in [0, 0.1) is 19.7 Å². The fourth-order valence-electron chi connectivity index (χ4n) is 2.47. The van der Waals surface area contributed by atoms with Gasteiger partial charge >= 0.3 is 6.18 Å². The summed E-state index contributed by atoms with van der Waals surface area (Å²) in [5.41, 5.74) is -1.87. The van der Waals surface area contributed by atoms with Crippen molar-refractivity contribution in [2.24, 2.45) is 0 Å². The number of H-pyrrole nitrogens is 1. The molecule has 7 nitrogen and oxygen atoms in total. The van der Waals surface area contributed by atoms with Crippen LogP contribution in [0.15, 0.2) is 41.3 Å². The highest BCUT2D eigenvalue weighted by molar-refractivity contribution is 6.06. The second kappa shape index (κ2) is 7.93. The fourth-order valence-corrected chi connectivity index (χ4v) is 2.47. The summed E-state index contributed by atoms with van der Waals surface area (Å²) in [4.78, 5) is 26.8. The van der Waals surface area contributed by atoms with E-state index in [4.69, 9.17) is 4.74 Å². The van der Waals surface area contributed by atoms with Gasteiger partial charge < -0.3 is 15.0 Å². The number of hydrogen-bond donors (Lipinski definition) is 2. The summed E-state index contributed by atoms with van der Waals surface area (Å²) in [5.74, 6) is -1.98. The molecule has 3 aromatic rings. The Bertz CT molecular complexity index is 1180. The van der Waals surface area contributed by atoms with Gasteiger partial charge in [-0.25, -0.2) is 4.39 Å². The maximum atomic E-state index is 13.3. The van der Waals surface area contributed by atoms with Crippen LogP contribution in [0.2, 0.25) is 0 Å². The molecule has 0 saturated carbocycles. The number of nitrogens with zero attached hydrogens (tertiary/aromatic N) is 2. The Morgan fingerprint density at radius 1 is 1.13 bits per heavy atom. The molecule has 2 aromatic heterocycles. The predicted molar refractivity (Wildman–Crippen MR) is 98.0 cm³/mol. The van der Waals surface area contributed by atoms with E-state index in [2.05, 4.69) is 20.5 Å². The summed E-state index contributed by atoms with van der Waals surface area (Å²) in [6.07, 6.45) is -3.58. The van der Waals surface area contributed by atoms with Crippen molar-refractivity contribution in [2.45, 2.75) is 20.0 Å². The number of alkyl halides is 3. The van der Waals surface area contributed by atoms with Crippen LogP contribution in [-0.2, 0) is 6.18 Å². The lowest BCUT2D eigenvalue weighted by Gasteiger charge is -2.14. The molecule has 0 spiro atoms. The van der Waals surface area contributed by atoms with Crippen LogP contribution in [0.25, 0.3) is 0 Å². The summed E-state index contributed by atoms with van der Waals surface area (Å²) in [5, 5.41) is 8.82. The number of hydrogen-bond acceptors (Lipinski definition) is 5. The number of aromatic nitrogens is 3. The predicted octanol–water partition coefficient (Wildman–Crippen LogP) is 3.98. The van der Waals surface area contributed by atoms with E-state index in [1.165, 1.54) is 32.2 Å². The minimum absolute atomic E-state index is 0.0758. The molecule has 0 radical (unpaired) electrons. The Hall–Kier alpha value is -3.76. The van der Waals surface area contributed by atoms with Crippen LogP contribution in [0.4, 0.5) is 23.2 Å². The molecular weight excluding hydrogens is 408 g/mol. The number of aryl methyl sites for hydroxylation is 1. The Kier molecular flexibility index (Phi) is 5.54. The summed E-state index contributed by atoms with van der Waals surface area (Å²) in [7, 11) is 0. The number of rotatable bonds is 4. The number of carbonyl (C=O) groups is 1. The number of nitrogens with one attached hydrogen (secondary N) is 2. The molecule has 0 aliphatic rings. The van der Waals surface area contributed by atoms with Gasteiger partial charge in [0.05, 0.1) is 5.69 Å². The fraction of sp³-hybridized carbons (Fsp3) is 0.158. The second-order valence-corrected chi connectivity index (χ2v) is 6.26. The lowest BCUT2D eigenvalue weighted by molar-refractivity contribution is -0.141. The van der Waals surface area contributed by atoms with E-state index in [9.17, 15) is 27.2 Å². The first-order valence-corrected chi connectivity index (χ1v) is 8.45. The lowest BCUT2D eigenvalue weighted by Crippen LogP contribution is -2.20. The SMILES string of the molecule is Cc1cc(F)ccc1Oc1nnc(C(F)(F)F)cc1C(=O)Nc1cc[nH]c(=O)c1C. The third kappa shape index (κ3) is 4.45. The molecule has 1 aromatic carbocycles. The van der Waals surface area contributed by atoms with E-state index < -0.39 is 40.6 Å². The van der Waals surface area contributed by atoms with Gasteiger partial charge in [-0.2, -0.15) is 13.2 Å². The lowest BCUT2D eigenvalue weighted by atomic mass is 10.2. The quantitative estimate of drug-likeness (QED) is 0.620. The van der Waals surface area contributed by atoms with Crippen molar-refractivity contribution in [3.05, 3.63) is 75.1 Å². The van der Waals surface area contributed by atoms with E-state index in [0.717, 1.165) is 12.1 Å². The van der Waals surface area contributed by atoms with Gasteiger partial charge in [-0.3, -0.25) is 9.59 Å². The van der Waals surface area contributed by atoms with Crippen LogP contribution in [0.1, 0.15) is 27.2 Å². The van der Waals surface area contributed by atoms with E-state index in [1.807, 2.05) is 0 Å². The first-order chi connectivity index (χ1) is 14.1. The number of carbonyl (C=O) groups excluding carboxylic acids is 1. The van der Waals surface area contributed by atoms with E-state index in [-0.39, 0.29) is 17.0 Å². The van der Waals surface area contributed by atoms with Crippen LogP contribution in [-0.4, -0.2) is 21.1 Å². The standard InChI is InChI=1S/C19H14F4N4O3/c1-9-7-11(20)3-4-14(9)30-18-12(8-15(26-27-18)19(21,22)23)17(29)25-13-5-6-24-16(28)10(13)2/h3-8H,1-2H3,(H2,24,25,28,29). The van der Waals surface area contributed by atoms with Crippen LogP contribution >= 0.6 is 0 Å². The highest BCUT2D eigenvalue weighted by atomic mass is 19.4. The number of anilines is 1. The number of aromatic amines is 1. The third-order valence-electron chi connectivity index (χ3n) is 4.10. The number of amides is 1. The Morgan fingerprint density at radius 3 is 2.53 bits per heavy atom. The minimum atomic E-state index is -4.85. The third-order valence-corrected chi connectivity index (χ3v) is 4.10. The maximum absolute atomic E-state index is 13.3. The zero-order valence-electron chi connectivity index (χ0n) is 15.6. The summed E-state index contributed by atoms with van der Waals surface area (Å²) >= 11 is 0. The van der Waals surface area contributed by atoms with Crippen LogP contribution in [0.5, 0.6) is 11.6 Å². The van der Waals surface area contributed by atoms with Crippen molar-refractivity contribution >= 4 is 11.6 Å². The number of ether oxygens (including phenoxy) is 1. The van der Waals surface area contributed by atoms with Crippen LogP contribution in [0.3, 0.4) is 0 Å². The molecule has 0 bridgehead atoms. The highest BCUT2D eigenvalue weighted by Gasteiger charge is 2.35. The van der Waals surface area contributed by atoms with Gasteiger partial charge in [0.15, 0.2) is 5.69 Å². The molecule has 1 amide bonds. The Morgan fingerprint density at radius 2 is 1.87 bits per heavy atom. The summed E-state index contributed by atoms with van der Waals surface area (Å²) < 4.78 is 58.0. The average molecular weight is 422 g/mol. The van der Waals surface area contributed by atoms with Gasteiger partial charge in [-0.1, -0.05) is 0 Å². The van der Waals surface area contributed by atoms with E-state index in [1.54, 1.807) is 0 Å². The van der Waals surface area contributed by atoms with E-state index >= 15 is 0 Å². The molecule has 3 rings (SSSR count). The van der Waals surface area contributed by atoms with Gasteiger partial charge in [0.25, 0.3) is 17.3 Å². The zero-order valence-corrected chi connectivity index (χ0v) is 15.6. The monoisotopic (exact) mass is 422 g/mol. The van der Waals surface area contributed by atoms with Gasteiger partial charge in [0.1, 0.15) is 17.1 Å². The van der Waals surface area contributed by atoms with Crippen LogP contribution < -0.4 is 15.6 Å². The molecule has 0 fully saturated rings. The minimum Gasteiger partial charge on any atom is -0.437 e. The van der Waals surface area contributed by atoms with Crippen molar-refractivity contribution < 1.29 is 27.1 Å². The maximum Gasteiger partial charge on any atom is 0.435 e. The highest BCUT2D eigenvalue weighted by Crippen LogP contribution is 2.32. The Balaban J connectivity index is 2.04. The zero-order chi connectivity index (χ0) is 22.1. The average Bonchev–Trinajstić information content (AvgIpc) is 2.67. The molecular formula is C19H14F4N4O3. The summed E-state index contributed by atoms with van der Waals surface area (Å²) in [6.45, 7) is 2.94. The van der Waals surface area contributed by atoms with Crippen molar-refractivity contribution in [3.63, 3.8) is 0 Å². The molecule has 30 heavy (non-hydrogen) atoms. The van der Waals surface area contributed by atoms with E-state index in [0.29, 0.717) is 11.6 Å². The normalized spacial score (nSPS) is 11.3. The number of halogens is 4. The Labute approximate surface area is 166 Å². The van der Waals surface area contributed by atoms with Gasteiger partial charge in [0.2, 0.25) is 0 Å².